The Bertz CT molecular complexity index is 646. The Balaban J connectivity index is 1.50. The highest BCUT2D eigenvalue weighted by Gasteiger charge is 2.26. The summed E-state index contributed by atoms with van der Waals surface area (Å²) in [5.41, 5.74) is 0.914. The second-order valence-electron chi connectivity index (χ2n) is 6.21. The molecule has 1 saturated heterocycles. The number of aromatic nitrogens is 1. The molecule has 1 saturated carbocycles. The number of halogens is 1. The summed E-state index contributed by atoms with van der Waals surface area (Å²) in [7, 11) is 0. The predicted molar refractivity (Wildman–Crippen MR) is 88.1 cm³/mol. The summed E-state index contributed by atoms with van der Waals surface area (Å²) in [6.45, 7) is 5.73. The highest BCUT2D eigenvalue weighted by Crippen LogP contribution is 2.30. The molecule has 110 valence electrons. The number of pyridine rings is 1. The van der Waals surface area contributed by atoms with Crippen LogP contribution in [0.5, 0.6) is 0 Å². The summed E-state index contributed by atoms with van der Waals surface area (Å²) in [6, 6.07) is 10.2. The van der Waals surface area contributed by atoms with Gasteiger partial charge in [-0.2, -0.15) is 0 Å². The zero-order chi connectivity index (χ0) is 14.2. The van der Waals surface area contributed by atoms with E-state index in [4.69, 9.17) is 16.6 Å². The fraction of sp³-hybridized carbons (Fsp3) is 0.471. The quantitative estimate of drug-likeness (QED) is 0.866. The Morgan fingerprint density at radius 3 is 2.62 bits per heavy atom. The molecule has 4 rings (SSSR count). The second kappa shape index (κ2) is 5.47. The van der Waals surface area contributed by atoms with Crippen molar-refractivity contribution in [3.05, 3.63) is 35.4 Å². The highest BCUT2D eigenvalue weighted by atomic mass is 35.5. The Labute approximate surface area is 130 Å². The lowest BCUT2D eigenvalue weighted by Crippen LogP contribution is -2.47. The number of rotatable bonds is 3. The van der Waals surface area contributed by atoms with Crippen LogP contribution in [0.3, 0.4) is 0 Å². The molecule has 1 aliphatic heterocycles. The van der Waals surface area contributed by atoms with Gasteiger partial charge in [0.1, 0.15) is 5.82 Å². The molecule has 0 atom stereocenters. The number of hydrogen-bond donors (Lipinski definition) is 0. The van der Waals surface area contributed by atoms with Crippen LogP contribution in [0.15, 0.2) is 30.3 Å². The van der Waals surface area contributed by atoms with Crippen molar-refractivity contribution in [2.45, 2.75) is 12.8 Å². The number of benzene rings is 1. The number of piperazine rings is 1. The lowest BCUT2D eigenvalue weighted by Gasteiger charge is -2.35. The number of hydrogen-bond acceptors (Lipinski definition) is 3. The minimum Gasteiger partial charge on any atom is -0.354 e. The van der Waals surface area contributed by atoms with Crippen LogP contribution >= 0.6 is 11.6 Å². The van der Waals surface area contributed by atoms with Gasteiger partial charge >= 0.3 is 0 Å². The summed E-state index contributed by atoms with van der Waals surface area (Å²) in [6.07, 6.45) is 2.87. The average Bonchev–Trinajstić information content (AvgIpc) is 3.32. The van der Waals surface area contributed by atoms with Crippen molar-refractivity contribution in [3.8, 4) is 0 Å². The van der Waals surface area contributed by atoms with Crippen molar-refractivity contribution < 1.29 is 0 Å². The zero-order valence-electron chi connectivity index (χ0n) is 12.1. The van der Waals surface area contributed by atoms with Gasteiger partial charge in [-0.25, -0.2) is 4.98 Å². The maximum Gasteiger partial charge on any atom is 0.129 e. The molecule has 0 spiro atoms. The molecule has 4 heteroatoms. The standard InChI is InChI=1S/C17H20ClN3/c18-15-3-1-2-14-6-7-16(19-17(14)15)21-10-8-20(9-11-21)12-13-4-5-13/h1-3,6-7,13H,4-5,8-12H2. The van der Waals surface area contributed by atoms with E-state index in [1.165, 1.54) is 19.4 Å². The van der Waals surface area contributed by atoms with E-state index < -0.39 is 0 Å². The summed E-state index contributed by atoms with van der Waals surface area (Å²) in [4.78, 5) is 9.75. The molecule has 2 aliphatic rings. The molecule has 1 aliphatic carbocycles. The first kappa shape index (κ1) is 13.4. The van der Waals surface area contributed by atoms with Crippen LogP contribution in [-0.4, -0.2) is 42.6 Å². The van der Waals surface area contributed by atoms with Crippen molar-refractivity contribution in [3.63, 3.8) is 0 Å². The number of para-hydroxylation sites is 1. The Hall–Kier alpha value is -1.32. The van der Waals surface area contributed by atoms with Crippen LogP contribution in [0, 0.1) is 5.92 Å². The number of anilines is 1. The van der Waals surface area contributed by atoms with Gasteiger partial charge in [-0.15, -0.1) is 0 Å². The van der Waals surface area contributed by atoms with Gasteiger partial charge in [0, 0.05) is 38.1 Å². The first-order valence-electron chi connectivity index (χ1n) is 7.82. The zero-order valence-corrected chi connectivity index (χ0v) is 12.9. The fourth-order valence-corrected chi connectivity index (χ4v) is 3.33. The summed E-state index contributed by atoms with van der Waals surface area (Å²) >= 11 is 6.27. The normalized spacial score (nSPS) is 20.1. The third-order valence-corrected chi connectivity index (χ3v) is 4.87. The van der Waals surface area contributed by atoms with Crippen LogP contribution in [0.4, 0.5) is 5.82 Å². The maximum absolute atomic E-state index is 6.27. The van der Waals surface area contributed by atoms with E-state index >= 15 is 0 Å². The molecule has 1 aromatic heterocycles. The lowest BCUT2D eigenvalue weighted by molar-refractivity contribution is 0.247. The van der Waals surface area contributed by atoms with Gasteiger partial charge in [-0.1, -0.05) is 23.7 Å². The van der Waals surface area contributed by atoms with E-state index in [2.05, 4.69) is 28.0 Å². The van der Waals surface area contributed by atoms with Crippen LogP contribution in [-0.2, 0) is 0 Å². The fourth-order valence-electron chi connectivity index (χ4n) is 3.10. The number of nitrogens with zero attached hydrogens (tertiary/aromatic N) is 3. The van der Waals surface area contributed by atoms with Crippen molar-refractivity contribution in [2.24, 2.45) is 5.92 Å². The van der Waals surface area contributed by atoms with E-state index in [1.807, 2.05) is 12.1 Å². The SMILES string of the molecule is Clc1cccc2ccc(N3CCN(CC4CC4)CC3)nc12. The van der Waals surface area contributed by atoms with Gasteiger partial charge in [0.05, 0.1) is 10.5 Å². The molecule has 0 unspecified atom stereocenters. The van der Waals surface area contributed by atoms with Gasteiger partial charge in [0.25, 0.3) is 0 Å². The Morgan fingerprint density at radius 1 is 1.05 bits per heavy atom. The van der Waals surface area contributed by atoms with E-state index in [0.717, 1.165) is 53.8 Å². The molecule has 0 radical (unpaired) electrons. The van der Waals surface area contributed by atoms with Crippen LogP contribution in [0.1, 0.15) is 12.8 Å². The van der Waals surface area contributed by atoms with Crippen molar-refractivity contribution >= 4 is 28.3 Å². The van der Waals surface area contributed by atoms with E-state index in [1.54, 1.807) is 0 Å². The molecule has 2 fully saturated rings. The maximum atomic E-state index is 6.27. The van der Waals surface area contributed by atoms with Crippen molar-refractivity contribution in [1.29, 1.82) is 0 Å². The summed E-state index contributed by atoms with van der Waals surface area (Å²) in [5, 5.41) is 1.85. The van der Waals surface area contributed by atoms with Crippen molar-refractivity contribution in [1.82, 2.24) is 9.88 Å². The highest BCUT2D eigenvalue weighted by molar-refractivity contribution is 6.35. The number of fused-ring (bicyclic) bond motifs is 1. The van der Waals surface area contributed by atoms with Crippen LogP contribution in [0.2, 0.25) is 5.02 Å². The molecule has 0 N–H and O–H groups in total. The lowest BCUT2D eigenvalue weighted by atomic mass is 10.2. The van der Waals surface area contributed by atoms with E-state index in [0.29, 0.717) is 0 Å². The average molecular weight is 302 g/mol. The minimum absolute atomic E-state index is 0.738. The molecule has 1 aromatic carbocycles. The smallest absolute Gasteiger partial charge is 0.129 e. The first-order valence-corrected chi connectivity index (χ1v) is 8.20. The predicted octanol–water partition coefficient (Wildman–Crippen LogP) is 3.42. The molecule has 21 heavy (non-hydrogen) atoms. The molecular weight excluding hydrogens is 282 g/mol. The minimum atomic E-state index is 0.738. The van der Waals surface area contributed by atoms with Gasteiger partial charge in [-0.05, 0) is 37.0 Å². The third kappa shape index (κ3) is 2.85. The Morgan fingerprint density at radius 2 is 1.86 bits per heavy atom. The monoisotopic (exact) mass is 301 g/mol. The largest absolute Gasteiger partial charge is 0.354 e. The first-order chi connectivity index (χ1) is 10.3. The third-order valence-electron chi connectivity index (χ3n) is 4.57. The van der Waals surface area contributed by atoms with Gasteiger partial charge < -0.3 is 4.90 Å². The van der Waals surface area contributed by atoms with Crippen LogP contribution < -0.4 is 4.90 Å². The summed E-state index contributed by atoms with van der Waals surface area (Å²) < 4.78 is 0. The molecule has 3 nitrogen and oxygen atoms in total. The topological polar surface area (TPSA) is 19.4 Å². The van der Waals surface area contributed by atoms with E-state index in [-0.39, 0.29) is 0 Å². The van der Waals surface area contributed by atoms with Gasteiger partial charge in [0.15, 0.2) is 0 Å². The molecular formula is C17H20ClN3. The van der Waals surface area contributed by atoms with Crippen LogP contribution in [0.25, 0.3) is 10.9 Å². The molecule has 2 heterocycles. The molecule has 2 aromatic rings. The summed E-state index contributed by atoms with van der Waals surface area (Å²) in [5.74, 6) is 2.04. The van der Waals surface area contributed by atoms with Gasteiger partial charge in [0.2, 0.25) is 0 Å². The van der Waals surface area contributed by atoms with Gasteiger partial charge in [-0.3, -0.25) is 4.90 Å². The molecule has 0 amide bonds. The Kier molecular flexibility index (Phi) is 3.48. The van der Waals surface area contributed by atoms with Crippen molar-refractivity contribution in [2.75, 3.05) is 37.6 Å². The molecule has 0 bridgehead atoms. The second-order valence-corrected chi connectivity index (χ2v) is 6.62. The van der Waals surface area contributed by atoms with E-state index in [9.17, 15) is 0 Å².